The third-order valence-corrected chi connectivity index (χ3v) is 3.79. The van der Waals surface area contributed by atoms with Gasteiger partial charge in [0.15, 0.2) is 0 Å². The summed E-state index contributed by atoms with van der Waals surface area (Å²) in [6.45, 7) is 1.11. The molecule has 2 heterocycles. The molecule has 17 heavy (non-hydrogen) atoms. The highest BCUT2D eigenvalue weighted by atomic mass is 35.5. The van der Waals surface area contributed by atoms with Gasteiger partial charge in [-0.2, -0.15) is 0 Å². The van der Waals surface area contributed by atoms with E-state index in [9.17, 15) is 4.79 Å². The predicted molar refractivity (Wildman–Crippen MR) is 68.5 cm³/mol. The number of amides is 1. The van der Waals surface area contributed by atoms with E-state index in [4.69, 9.17) is 11.6 Å². The summed E-state index contributed by atoms with van der Waals surface area (Å²) in [5.41, 5.74) is 3.07. The first-order chi connectivity index (χ1) is 8.22. The van der Waals surface area contributed by atoms with Crippen LogP contribution in [-0.2, 0) is 17.6 Å². The maximum absolute atomic E-state index is 11.3. The zero-order valence-electron chi connectivity index (χ0n) is 9.55. The number of halogens is 1. The van der Waals surface area contributed by atoms with Crippen molar-refractivity contribution in [1.29, 1.82) is 0 Å². The molecule has 3 nitrogen and oxygen atoms in total. The minimum absolute atomic E-state index is 0.0399. The second kappa shape index (κ2) is 4.31. The van der Waals surface area contributed by atoms with Crippen LogP contribution in [0.25, 0.3) is 0 Å². The quantitative estimate of drug-likeness (QED) is 0.844. The number of hydrogen-bond acceptors (Lipinski definition) is 2. The lowest BCUT2D eigenvalue weighted by Crippen LogP contribution is -2.23. The zero-order valence-corrected chi connectivity index (χ0v) is 10.3. The van der Waals surface area contributed by atoms with Gasteiger partial charge in [-0.15, -0.1) is 0 Å². The van der Waals surface area contributed by atoms with Crippen molar-refractivity contribution in [1.82, 2.24) is 5.32 Å². The summed E-state index contributed by atoms with van der Waals surface area (Å²) in [7, 11) is 0. The molecule has 0 radical (unpaired) electrons. The number of benzene rings is 1. The fourth-order valence-corrected chi connectivity index (χ4v) is 3.00. The maximum Gasteiger partial charge on any atom is 0.228 e. The molecule has 2 N–H and O–H groups in total. The minimum atomic E-state index is 0.0399. The van der Waals surface area contributed by atoms with E-state index in [1.807, 2.05) is 6.07 Å². The standard InChI is InChI=1S/C13H15ClN2O/c14-11-6-8(5-10-2-1-3-15-10)4-9-7-12(17)16-13(9)11/h4,6,10,15H,1-3,5,7H2,(H,16,17). The molecule has 0 aliphatic carbocycles. The molecule has 2 aliphatic heterocycles. The summed E-state index contributed by atoms with van der Waals surface area (Å²) < 4.78 is 0. The van der Waals surface area contributed by atoms with Gasteiger partial charge >= 0.3 is 0 Å². The highest BCUT2D eigenvalue weighted by Crippen LogP contribution is 2.33. The molecule has 1 unspecified atom stereocenters. The second-order valence-corrected chi connectivity index (χ2v) is 5.24. The normalized spacial score (nSPS) is 22.6. The van der Waals surface area contributed by atoms with Crippen molar-refractivity contribution in [3.63, 3.8) is 0 Å². The molecule has 1 saturated heterocycles. The predicted octanol–water partition coefficient (Wildman–Crippen LogP) is 2.13. The fraction of sp³-hybridized carbons (Fsp3) is 0.462. The van der Waals surface area contributed by atoms with Gasteiger partial charge < -0.3 is 10.6 Å². The number of anilines is 1. The van der Waals surface area contributed by atoms with Crippen molar-refractivity contribution >= 4 is 23.2 Å². The van der Waals surface area contributed by atoms with E-state index >= 15 is 0 Å². The van der Waals surface area contributed by atoms with Crippen LogP contribution in [0, 0.1) is 0 Å². The molecular formula is C13H15ClN2O. The Morgan fingerprint density at radius 1 is 1.41 bits per heavy atom. The van der Waals surface area contributed by atoms with Gasteiger partial charge in [-0.25, -0.2) is 0 Å². The Hall–Kier alpha value is -1.06. The van der Waals surface area contributed by atoms with E-state index in [0.717, 1.165) is 24.2 Å². The first-order valence-corrected chi connectivity index (χ1v) is 6.45. The van der Waals surface area contributed by atoms with E-state index in [2.05, 4.69) is 16.7 Å². The first-order valence-electron chi connectivity index (χ1n) is 6.07. The SMILES string of the molecule is O=C1Cc2cc(CC3CCCN3)cc(Cl)c2N1. The topological polar surface area (TPSA) is 41.1 Å². The molecule has 3 rings (SSSR count). The Labute approximate surface area is 106 Å². The van der Waals surface area contributed by atoms with Crippen LogP contribution in [0.2, 0.25) is 5.02 Å². The molecular weight excluding hydrogens is 236 g/mol. The largest absolute Gasteiger partial charge is 0.324 e. The summed E-state index contributed by atoms with van der Waals surface area (Å²) in [6.07, 6.45) is 3.94. The van der Waals surface area contributed by atoms with Crippen LogP contribution in [0.1, 0.15) is 24.0 Å². The van der Waals surface area contributed by atoms with Gasteiger partial charge in [0.25, 0.3) is 0 Å². The Morgan fingerprint density at radius 3 is 3.06 bits per heavy atom. The van der Waals surface area contributed by atoms with Crippen molar-refractivity contribution in [2.24, 2.45) is 0 Å². The van der Waals surface area contributed by atoms with Gasteiger partial charge in [-0.1, -0.05) is 17.7 Å². The Morgan fingerprint density at radius 2 is 2.29 bits per heavy atom. The summed E-state index contributed by atoms with van der Waals surface area (Å²) in [5, 5.41) is 6.94. The molecule has 2 aliphatic rings. The van der Waals surface area contributed by atoms with E-state index in [-0.39, 0.29) is 5.91 Å². The van der Waals surface area contributed by atoms with Crippen LogP contribution in [-0.4, -0.2) is 18.5 Å². The van der Waals surface area contributed by atoms with E-state index in [0.29, 0.717) is 17.5 Å². The molecule has 0 aromatic heterocycles. The first kappa shape index (κ1) is 11.1. The highest BCUT2D eigenvalue weighted by molar-refractivity contribution is 6.34. The van der Waals surface area contributed by atoms with Gasteiger partial charge in [-0.05, 0) is 43.0 Å². The number of rotatable bonds is 2. The lowest BCUT2D eigenvalue weighted by Gasteiger charge is -2.12. The van der Waals surface area contributed by atoms with Crippen LogP contribution in [0.3, 0.4) is 0 Å². The average Bonchev–Trinajstić information content (AvgIpc) is 2.87. The van der Waals surface area contributed by atoms with Gasteiger partial charge in [-0.3, -0.25) is 4.79 Å². The maximum atomic E-state index is 11.3. The molecule has 0 saturated carbocycles. The van der Waals surface area contributed by atoms with Crippen molar-refractivity contribution in [3.8, 4) is 0 Å². The van der Waals surface area contributed by atoms with Crippen LogP contribution in [0.5, 0.6) is 0 Å². The highest BCUT2D eigenvalue weighted by Gasteiger charge is 2.22. The van der Waals surface area contributed by atoms with Crippen LogP contribution in [0.4, 0.5) is 5.69 Å². The van der Waals surface area contributed by atoms with Crippen molar-refractivity contribution in [3.05, 3.63) is 28.3 Å². The summed E-state index contributed by atoms with van der Waals surface area (Å²) in [6, 6.07) is 4.65. The lowest BCUT2D eigenvalue weighted by atomic mass is 10.0. The van der Waals surface area contributed by atoms with Gasteiger partial charge in [0, 0.05) is 6.04 Å². The Bertz CT molecular complexity index is 467. The smallest absolute Gasteiger partial charge is 0.228 e. The second-order valence-electron chi connectivity index (χ2n) is 4.83. The molecule has 4 heteroatoms. The Balaban J connectivity index is 1.84. The Kier molecular flexibility index (Phi) is 2.81. The van der Waals surface area contributed by atoms with E-state index < -0.39 is 0 Å². The van der Waals surface area contributed by atoms with Crippen molar-refractivity contribution < 1.29 is 4.79 Å². The van der Waals surface area contributed by atoms with Crippen molar-refractivity contribution in [2.45, 2.75) is 31.7 Å². The number of carbonyl (C=O) groups is 1. The van der Waals surface area contributed by atoms with Crippen molar-refractivity contribution in [2.75, 3.05) is 11.9 Å². The van der Waals surface area contributed by atoms with Gasteiger partial charge in [0.1, 0.15) is 0 Å². The minimum Gasteiger partial charge on any atom is -0.324 e. The third kappa shape index (κ3) is 2.17. The molecule has 1 fully saturated rings. The number of fused-ring (bicyclic) bond motifs is 1. The average molecular weight is 251 g/mol. The molecule has 1 atom stereocenters. The molecule has 0 spiro atoms. The van der Waals surface area contributed by atoms with Gasteiger partial charge in [0.05, 0.1) is 17.1 Å². The molecule has 1 aromatic rings. The zero-order chi connectivity index (χ0) is 11.8. The van der Waals surface area contributed by atoms with E-state index in [1.54, 1.807) is 0 Å². The lowest BCUT2D eigenvalue weighted by molar-refractivity contribution is -0.115. The van der Waals surface area contributed by atoms with Crippen LogP contribution >= 0.6 is 11.6 Å². The third-order valence-electron chi connectivity index (χ3n) is 3.49. The fourth-order valence-electron chi connectivity index (χ4n) is 2.70. The molecule has 90 valence electrons. The molecule has 1 amide bonds. The van der Waals surface area contributed by atoms with Crippen LogP contribution in [0.15, 0.2) is 12.1 Å². The number of carbonyl (C=O) groups excluding carboxylic acids is 1. The monoisotopic (exact) mass is 250 g/mol. The number of hydrogen-bond donors (Lipinski definition) is 2. The summed E-state index contributed by atoms with van der Waals surface area (Å²) >= 11 is 6.19. The van der Waals surface area contributed by atoms with Crippen LogP contribution < -0.4 is 10.6 Å². The molecule has 1 aromatic carbocycles. The van der Waals surface area contributed by atoms with E-state index in [1.165, 1.54) is 18.4 Å². The molecule has 0 bridgehead atoms. The summed E-state index contributed by atoms with van der Waals surface area (Å²) in [5.74, 6) is 0.0399. The summed E-state index contributed by atoms with van der Waals surface area (Å²) in [4.78, 5) is 11.3. The number of nitrogens with one attached hydrogen (secondary N) is 2. The van der Waals surface area contributed by atoms with Gasteiger partial charge in [0.2, 0.25) is 5.91 Å².